The van der Waals surface area contributed by atoms with Gasteiger partial charge in [-0.05, 0) is 12.2 Å². The number of nitrogens with zero attached hydrogens (tertiary/aromatic N) is 2. The fourth-order valence-corrected chi connectivity index (χ4v) is 1.93. The molecular formula is C10H18N2O2S. The highest BCUT2D eigenvalue weighted by molar-refractivity contribution is 7.80. The standard InChI is InChI=1S/C10H18N2O2S/c1-9(13)11-4-2-5-12(7-6-11)10(14)3-8-15/h15H,2-8H2,1H3. The van der Waals surface area contributed by atoms with E-state index in [1.807, 2.05) is 4.90 Å². The topological polar surface area (TPSA) is 40.6 Å². The maximum absolute atomic E-state index is 11.6. The minimum atomic E-state index is 0.0958. The fraction of sp³-hybridized carbons (Fsp3) is 0.800. The molecular weight excluding hydrogens is 212 g/mol. The second kappa shape index (κ2) is 6.00. The van der Waals surface area contributed by atoms with E-state index in [9.17, 15) is 9.59 Å². The van der Waals surface area contributed by atoms with Gasteiger partial charge in [0, 0.05) is 39.5 Å². The first-order chi connectivity index (χ1) is 7.15. The Hall–Kier alpha value is -0.710. The first-order valence-corrected chi connectivity index (χ1v) is 5.92. The van der Waals surface area contributed by atoms with Gasteiger partial charge < -0.3 is 9.80 Å². The normalized spacial score (nSPS) is 17.5. The number of carbonyl (C=O) groups excluding carboxylic acids is 2. The van der Waals surface area contributed by atoms with Crippen molar-refractivity contribution in [3.63, 3.8) is 0 Å². The lowest BCUT2D eigenvalue weighted by Gasteiger charge is -2.21. The Bertz CT molecular complexity index is 246. The Labute approximate surface area is 96.0 Å². The molecule has 1 heterocycles. The molecule has 1 fully saturated rings. The van der Waals surface area contributed by atoms with Crippen molar-refractivity contribution in [1.29, 1.82) is 0 Å². The largest absolute Gasteiger partial charge is 0.341 e. The molecule has 0 aromatic rings. The smallest absolute Gasteiger partial charge is 0.223 e. The first-order valence-electron chi connectivity index (χ1n) is 5.29. The average molecular weight is 230 g/mol. The first kappa shape index (κ1) is 12.4. The summed E-state index contributed by atoms with van der Waals surface area (Å²) < 4.78 is 0. The minimum Gasteiger partial charge on any atom is -0.341 e. The number of carbonyl (C=O) groups is 2. The van der Waals surface area contributed by atoms with Crippen molar-refractivity contribution >= 4 is 24.4 Å². The van der Waals surface area contributed by atoms with Crippen LogP contribution in [0.3, 0.4) is 0 Å². The summed E-state index contributed by atoms with van der Waals surface area (Å²) in [5, 5.41) is 0. The van der Waals surface area contributed by atoms with E-state index in [4.69, 9.17) is 0 Å². The van der Waals surface area contributed by atoms with Crippen molar-refractivity contribution in [2.75, 3.05) is 31.9 Å². The van der Waals surface area contributed by atoms with Gasteiger partial charge in [-0.25, -0.2) is 0 Å². The van der Waals surface area contributed by atoms with Crippen LogP contribution in [0.2, 0.25) is 0 Å². The van der Waals surface area contributed by atoms with Gasteiger partial charge in [-0.2, -0.15) is 12.6 Å². The predicted octanol–water partition coefficient (Wildman–Crippen LogP) is 0.387. The summed E-state index contributed by atoms with van der Waals surface area (Å²) in [5.74, 6) is 0.833. The molecule has 86 valence electrons. The van der Waals surface area contributed by atoms with E-state index in [0.29, 0.717) is 25.3 Å². The quantitative estimate of drug-likeness (QED) is 0.697. The van der Waals surface area contributed by atoms with Crippen LogP contribution in [0.1, 0.15) is 19.8 Å². The summed E-state index contributed by atoms with van der Waals surface area (Å²) in [4.78, 5) is 26.4. The van der Waals surface area contributed by atoms with Gasteiger partial charge in [-0.3, -0.25) is 9.59 Å². The molecule has 5 heteroatoms. The molecule has 1 aliphatic rings. The Morgan fingerprint density at radius 3 is 2.33 bits per heavy atom. The van der Waals surface area contributed by atoms with Gasteiger partial charge in [0.15, 0.2) is 0 Å². The van der Waals surface area contributed by atoms with Crippen molar-refractivity contribution < 1.29 is 9.59 Å². The van der Waals surface area contributed by atoms with Crippen LogP contribution in [0.4, 0.5) is 0 Å². The van der Waals surface area contributed by atoms with Gasteiger partial charge in [-0.1, -0.05) is 0 Å². The van der Waals surface area contributed by atoms with Crippen molar-refractivity contribution in [3.8, 4) is 0 Å². The summed E-state index contributed by atoms with van der Waals surface area (Å²) in [7, 11) is 0. The SMILES string of the molecule is CC(=O)N1CCCN(C(=O)CCS)CC1. The monoisotopic (exact) mass is 230 g/mol. The van der Waals surface area contributed by atoms with Gasteiger partial charge in [0.25, 0.3) is 0 Å². The molecule has 0 unspecified atom stereocenters. The van der Waals surface area contributed by atoms with Gasteiger partial charge in [-0.15, -0.1) is 0 Å². The minimum absolute atomic E-state index is 0.0958. The van der Waals surface area contributed by atoms with E-state index in [2.05, 4.69) is 12.6 Å². The molecule has 0 aliphatic carbocycles. The maximum Gasteiger partial charge on any atom is 0.223 e. The van der Waals surface area contributed by atoms with E-state index in [1.54, 1.807) is 11.8 Å². The van der Waals surface area contributed by atoms with Crippen molar-refractivity contribution in [3.05, 3.63) is 0 Å². The van der Waals surface area contributed by atoms with E-state index < -0.39 is 0 Å². The van der Waals surface area contributed by atoms with Gasteiger partial charge >= 0.3 is 0 Å². The number of hydrogen-bond acceptors (Lipinski definition) is 3. The lowest BCUT2D eigenvalue weighted by atomic mass is 10.3. The second-order valence-corrected chi connectivity index (χ2v) is 4.16. The molecule has 1 rings (SSSR count). The van der Waals surface area contributed by atoms with E-state index in [0.717, 1.165) is 19.5 Å². The van der Waals surface area contributed by atoms with Crippen LogP contribution in [0.15, 0.2) is 0 Å². The van der Waals surface area contributed by atoms with Gasteiger partial charge in [0.1, 0.15) is 0 Å². The molecule has 1 aliphatic heterocycles. The summed E-state index contributed by atoms with van der Waals surface area (Å²) in [6, 6.07) is 0. The van der Waals surface area contributed by atoms with E-state index >= 15 is 0 Å². The molecule has 0 bridgehead atoms. The molecule has 0 aromatic heterocycles. The van der Waals surface area contributed by atoms with Crippen molar-refractivity contribution in [1.82, 2.24) is 9.80 Å². The fourth-order valence-electron chi connectivity index (χ4n) is 1.74. The van der Waals surface area contributed by atoms with Crippen LogP contribution >= 0.6 is 12.6 Å². The van der Waals surface area contributed by atoms with E-state index in [1.165, 1.54) is 0 Å². The lowest BCUT2D eigenvalue weighted by molar-refractivity contribution is -0.132. The molecule has 4 nitrogen and oxygen atoms in total. The third-order valence-electron chi connectivity index (χ3n) is 2.62. The number of hydrogen-bond donors (Lipinski definition) is 1. The molecule has 2 amide bonds. The average Bonchev–Trinajstić information content (AvgIpc) is 2.43. The Balaban J connectivity index is 2.45. The van der Waals surface area contributed by atoms with Crippen molar-refractivity contribution in [2.24, 2.45) is 0 Å². The number of rotatable bonds is 2. The zero-order valence-corrected chi connectivity index (χ0v) is 10.0. The van der Waals surface area contributed by atoms with Crippen LogP contribution in [0, 0.1) is 0 Å². The molecule has 0 radical (unpaired) electrons. The number of amides is 2. The third kappa shape index (κ3) is 3.74. The molecule has 0 N–H and O–H groups in total. The second-order valence-electron chi connectivity index (χ2n) is 3.71. The zero-order chi connectivity index (χ0) is 11.3. The van der Waals surface area contributed by atoms with Crippen LogP contribution in [0.5, 0.6) is 0 Å². The highest BCUT2D eigenvalue weighted by Gasteiger charge is 2.19. The number of thiol groups is 1. The zero-order valence-electron chi connectivity index (χ0n) is 9.11. The van der Waals surface area contributed by atoms with Gasteiger partial charge in [0.2, 0.25) is 11.8 Å². The molecule has 0 atom stereocenters. The Morgan fingerprint density at radius 1 is 1.13 bits per heavy atom. The van der Waals surface area contributed by atoms with Crippen molar-refractivity contribution in [2.45, 2.75) is 19.8 Å². The molecule has 0 saturated carbocycles. The lowest BCUT2D eigenvalue weighted by Crippen LogP contribution is -2.36. The van der Waals surface area contributed by atoms with Crippen LogP contribution in [-0.2, 0) is 9.59 Å². The maximum atomic E-state index is 11.6. The summed E-state index contributed by atoms with van der Waals surface area (Å²) in [6.45, 7) is 4.42. The van der Waals surface area contributed by atoms with Gasteiger partial charge in [0.05, 0.1) is 0 Å². The summed E-state index contributed by atoms with van der Waals surface area (Å²) in [5.41, 5.74) is 0. The molecule has 1 saturated heterocycles. The molecule has 0 spiro atoms. The van der Waals surface area contributed by atoms with Crippen LogP contribution < -0.4 is 0 Å². The molecule has 0 aromatic carbocycles. The summed E-state index contributed by atoms with van der Waals surface area (Å²) in [6.07, 6.45) is 1.36. The third-order valence-corrected chi connectivity index (χ3v) is 2.84. The summed E-state index contributed by atoms with van der Waals surface area (Å²) >= 11 is 4.04. The Kier molecular flexibility index (Phi) is 4.94. The highest BCUT2D eigenvalue weighted by Crippen LogP contribution is 2.05. The highest BCUT2D eigenvalue weighted by atomic mass is 32.1. The van der Waals surface area contributed by atoms with Crippen LogP contribution in [0.25, 0.3) is 0 Å². The Morgan fingerprint density at radius 2 is 1.73 bits per heavy atom. The predicted molar refractivity (Wildman–Crippen MR) is 61.9 cm³/mol. The molecule has 15 heavy (non-hydrogen) atoms. The van der Waals surface area contributed by atoms with E-state index in [-0.39, 0.29) is 11.8 Å². The van der Waals surface area contributed by atoms with Crippen LogP contribution in [-0.4, -0.2) is 53.5 Å².